The molecule has 3 aromatic rings. The van der Waals surface area contributed by atoms with Crippen molar-refractivity contribution in [3.05, 3.63) is 42.7 Å². The minimum Gasteiger partial charge on any atom is -0.497 e. The van der Waals surface area contributed by atoms with E-state index in [1.165, 1.54) is 0 Å². The summed E-state index contributed by atoms with van der Waals surface area (Å²) in [5.41, 5.74) is 2.07. The fraction of sp³-hybridized carbons (Fsp3) is 0.0769. The number of aromatic nitrogens is 2. The summed E-state index contributed by atoms with van der Waals surface area (Å²) in [6.45, 7) is 0. The van der Waals surface area contributed by atoms with Gasteiger partial charge in [-0.1, -0.05) is 0 Å². The third-order valence-electron chi connectivity index (χ3n) is 2.52. The third-order valence-corrected chi connectivity index (χ3v) is 3.61. The van der Waals surface area contributed by atoms with Gasteiger partial charge in [0, 0.05) is 24.0 Å². The zero-order chi connectivity index (χ0) is 11.7. The highest BCUT2D eigenvalue weighted by atomic mass is 32.1. The van der Waals surface area contributed by atoms with Crippen LogP contribution in [-0.4, -0.2) is 17.1 Å². The van der Waals surface area contributed by atoms with E-state index in [0.29, 0.717) is 0 Å². The second-order valence-corrected chi connectivity index (χ2v) is 4.62. The molecule has 0 aliphatic carbocycles. The first-order valence-electron chi connectivity index (χ1n) is 5.22. The SMILES string of the molecule is COc1ccc2sc(-c3ccncc3)nc2c1. The molecule has 0 aliphatic rings. The van der Waals surface area contributed by atoms with Gasteiger partial charge in [0.05, 0.1) is 17.3 Å². The Balaban J connectivity index is 2.14. The van der Waals surface area contributed by atoms with Gasteiger partial charge in [0.2, 0.25) is 0 Å². The third kappa shape index (κ3) is 1.87. The molecule has 0 atom stereocenters. The lowest BCUT2D eigenvalue weighted by Crippen LogP contribution is -1.81. The Hall–Kier alpha value is -1.94. The molecule has 3 rings (SSSR count). The van der Waals surface area contributed by atoms with Gasteiger partial charge in [0.15, 0.2) is 0 Å². The van der Waals surface area contributed by atoms with E-state index in [-0.39, 0.29) is 0 Å². The summed E-state index contributed by atoms with van der Waals surface area (Å²) in [5.74, 6) is 0.837. The smallest absolute Gasteiger partial charge is 0.124 e. The first-order valence-corrected chi connectivity index (χ1v) is 6.03. The van der Waals surface area contributed by atoms with Crippen LogP contribution >= 0.6 is 11.3 Å². The molecule has 0 radical (unpaired) electrons. The van der Waals surface area contributed by atoms with Crippen LogP contribution in [0.2, 0.25) is 0 Å². The van der Waals surface area contributed by atoms with Gasteiger partial charge in [-0.3, -0.25) is 4.98 Å². The molecular weight excluding hydrogens is 232 g/mol. The van der Waals surface area contributed by atoms with Gasteiger partial charge in [0.1, 0.15) is 10.8 Å². The van der Waals surface area contributed by atoms with Crippen molar-refractivity contribution in [3.63, 3.8) is 0 Å². The molecule has 0 unspecified atom stereocenters. The fourth-order valence-corrected chi connectivity index (χ4v) is 2.60. The summed E-state index contributed by atoms with van der Waals surface area (Å²) >= 11 is 1.68. The van der Waals surface area contributed by atoms with Crippen molar-refractivity contribution in [2.75, 3.05) is 7.11 Å². The Morgan fingerprint density at radius 1 is 1.12 bits per heavy atom. The first kappa shape index (κ1) is 10.2. The molecule has 17 heavy (non-hydrogen) atoms. The topological polar surface area (TPSA) is 35.0 Å². The molecular formula is C13H10N2OS. The molecule has 0 saturated carbocycles. The van der Waals surface area contributed by atoms with Gasteiger partial charge in [-0.25, -0.2) is 4.98 Å². The van der Waals surface area contributed by atoms with Crippen molar-refractivity contribution in [3.8, 4) is 16.3 Å². The molecule has 0 fully saturated rings. The second-order valence-electron chi connectivity index (χ2n) is 3.59. The maximum atomic E-state index is 5.19. The molecule has 0 bridgehead atoms. The number of thiazole rings is 1. The number of methoxy groups -OCH3 is 1. The maximum absolute atomic E-state index is 5.19. The Bertz CT molecular complexity index is 649. The van der Waals surface area contributed by atoms with Crippen molar-refractivity contribution in [1.29, 1.82) is 0 Å². The number of ether oxygens (including phenoxy) is 1. The Labute approximate surface area is 103 Å². The Morgan fingerprint density at radius 3 is 2.71 bits per heavy atom. The minimum atomic E-state index is 0.837. The standard InChI is InChI=1S/C13H10N2OS/c1-16-10-2-3-12-11(8-10)15-13(17-12)9-4-6-14-7-5-9/h2-8H,1H3. The molecule has 0 spiro atoms. The molecule has 2 heterocycles. The largest absolute Gasteiger partial charge is 0.497 e. The van der Waals surface area contributed by atoms with E-state index >= 15 is 0 Å². The maximum Gasteiger partial charge on any atom is 0.124 e. The molecule has 2 aromatic heterocycles. The number of fused-ring (bicyclic) bond motifs is 1. The molecule has 0 amide bonds. The van der Waals surface area contributed by atoms with E-state index in [1.54, 1.807) is 30.8 Å². The predicted molar refractivity (Wildman–Crippen MR) is 69.4 cm³/mol. The van der Waals surface area contributed by atoms with E-state index in [4.69, 9.17) is 4.74 Å². The summed E-state index contributed by atoms with van der Waals surface area (Å²) in [4.78, 5) is 8.61. The first-order chi connectivity index (χ1) is 8.36. The second kappa shape index (κ2) is 4.14. The van der Waals surface area contributed by atoms with Crippen molar-refractivity contribution < 1.29 is 4.74 Å². The zero-order valence-corrected chi connectivity index (χ0v) is 10.1. The van der Waals surface area contributed by atoms with Crippen LogP contribution in [0.5, 0.6) is 5.75 Å². The minimum absolute atomic E-state index is 0.837. The molecule has 84 valence electrons. The van der Waals surface area contributed by atoms with E-state index in [2.05, 4.69) is 9.97 Å². The average Bonchev–Trinajstić information content (AvgIpc) is 2.82. The van der Waals surface area contributed by atoms with Crippen LogP contribution in [-0.2, 0) is 0 Å². The van der Waals surface area contributed by atoms with Crippen LogP contribution in [0.15, 0.2) is 42.7 Å². The van der Waals surface area contributed by atoms with Crippen LogP contribution in [0.25, 0.3) is 20.8 Å². The summed E-state index contributed by atoms with van der Waals surface area (Å²) in [6, 6.07) is 9.88. The van der Waals surface area contributed by atoms with Gasteiger partial charge < -0.3 is 4.74 Å². The fourth-order valence-electron chi connectivity index (χ4n) is 1.65. The number of rotatable bonds is 2. The monoisotopic (exact) mass is 242 g/mol. The van der Waals surface area contributed by atoms with Crippen molar-refractivity contribution >= 4 is 21.6 Å². The number of benzene rings is 1. The number of pyridine rings is 1. The van der Waals surface area contributed by atoms with Crippen molar-refractivity contribution in [2.24, 2.45) is 0 Å². The van der Waals surface area contributed by atoms with Crippen LogP contribution in [0, 0.1) is 0 Å². The van der Waals surface area contributed by atoms with Gasteiger partial charge in [-0.05, 0) is 24.3 Å². The Morgan fingerprint density at radius 2 is 1.94 bits per heavy atom. The number of hydrogen-bond acceptors (Lipinski definition) is 4. The quantitative estimate of drug-likeness (QED) is 0.691. The highest BCUT2D eigenvalue weighted by Crippen LogP contribution is 2.31. The van der Waals surface area contributed by atoms with Gasteiger partial charge >= 0.3 is 0 Å². The molecule has 1 aromatic carbocycles. The van der Waals surface area contributed by atoms with Crippen LogP contribution in [0.1, 0.15) is 0 Å². The predicted octanol–water partition coefficient (Wildman–Crippen LogP) is 3.37. The number of hydrogen-bond donors (Lipinski definition) is 0. The van der Waals surface area contributed by atoms with Crippen molar-refractivity contribution in [2.45, 2.75) is 0 Å². The molecule has 0 aliphatic heterocycles. The van der Waals surface area contributed by atoms with Gasteiger partial charge in [-0.15, -0.1) is 11.3 Å². The van der Waals surface area contributed by atoms with E-state index in [1.807, 2.05) is 30.3 Å². The van der Waals surface area contributed by atoms with Gasteiger partial charge in [-0.2, -0.15) is 0 Å². The van der Waals surface area contributed by atoms with Crippen LogP contribution in [0.4, 0.5) is 0 Å². The zero-order valence-electron chi connectivity index (χ0n) is 9.25. The van der Waals surface area contributed by atoms with E-state index in [9.17, 15) is 0 Å². The van der Waals surface area contributed by atoms with Crippen molar-refractivity contribution in [1.82, 2.24) is 9.97 Å². The molecule has 0 saturated heterocycles. The Kier molecular flexibility index (Phi) is 2.49. The lowest BCUT2D eigenvalue weighted by atomic mass is 10.3. The summed E-state index contributed by atoms with van der Waals surface area (Å²) in [5, 5.41) is 1.01. The summed E-state index contributed by atoms with van der Waals surface area (Å²) < 4.78 is 6.36. The molecule has 0 N–H and O–H groups in total. The average molecular weight is 242 g/mol. The van der Waals surface area contributed by atoms with Crippen LogP contribution < -0.4 is 4.74 Å². The highest BCUT2D eigenvalue weighted by Gasteiger charge is 2.06. The van der Waals surface area contributed by atoms with Crippen LogP contribution in [0.3, 0.4) is 0 Å². The lowest BCUT2D eigenvalue weighted by molar-refractivity contribution is 0.415. The number of nitrogens with zero attached hydrogens (tertiary/aromatic N) is 2. The highest BCUT2D eigenvalue weighted by molar-refractivity contribution is 7.21. The molecule has 3 nitrogen and oxygen atoms in total. The summed E-state index contributed by atoms with van der Waals surface area (Å²) in [6.07, 6.45) is 3.56. The normalized spacial score (nSPS) is 10.6. The van der Waals surface area contributed by atoms with E-state index < -0.39 is 0 Å². The lowest BCUT2D eigenvalue weighted by Gasteiger charge is -1.96. The molecule has 4 heteroatoms. The van der Waals surface area contributed by atoms with Gasteiger partial charge in [0.25, 0.3) is 0 Å². The van der Waals surface area contributed by atoms with E-state index in [0.717, 1.165) is 26.5 Å². The summed E-state index contributed by atoms with van der Waals surface area (Å²) in [7, 11) is 1.66.